The first-order chi connectivity index (χ1) is 20.8. The first-order valence-corrected chi connectivity index (χ1v) is 13.5. The average Bonchev–Trinajstić information content (AvgIpc) is 3.75. The molecular formula is C30H24ClF6MnN4O4-. The number of alkyl halides is 6. The van der Waals surface area contributed by atoms with Gasteiger partial charge in [0.15, 0.2) is 0 Å². The van der Waals surface area contributed by atoms with Gasteiger partial charge in [-0.15, -0.1) is 0 Å². The zero-order chi connectivity index (χ0) is 31.8. The van der Waals surface area contributed by atoms with Gasteiger partial charge in [0.05, 0.1) is 58.1 Å². The van der Waals surface area contributed by atoms with Gasteiger partial charge >= 0.3 is 24.3 Å². The summed E-state index contributed by atoms with van der Waals surface area (Å²) in [4.78, 5) is 39.4. The van der Waals surface area contributed by atoms with Crippen LogP contribution in [0.1, 0.15) is 81.3 Å². The Morgan fingerprint density at radius 2 is 0.978 bits per heavy atom. The molecule has 2 aliphatic heterocycles. The first-order valence-electron chi connectivity index (χ1n) is 13.5. The second-order valence-corrected chi connectivity index (χ2v) is 9.77. The summed E-state index contributed by atoms with van der Waals surface area (Å²) in [5.74, 6) is -1.98. The molecule has 3 aromatic rings. The average molecular weight is 709 g/mol. The summed E-state index contributed by atoms with van der Waals surface area (Å²) < 4.78 is 97.4. The smallest absolute Gasteiger partial charge is 0.420 e. The van der Waals surface area contributed by atoms with Gasteiger partial charge in [-0.05, 0) is 61.4 Å². The van der Waals surface area contributed by atoms with Crippen molar-refractivity contribution in [2.24, 2.45) is 0 Å². The number of aromatic nitrogens is 4. The van der Waals surface area contributed by atoms with Crippen molar-refractivity contribution >= 4 is 58.3 Å². The summed E-state index contributed by atoms with van der Waals surface area (Å²) in [6.07, 6.45) is -4.78. The van der Waals surface area contributed by atoms with Crippen LogP contribution < -0.4 is 12.4 Å². The van der Waals surface area contributed by atoms with E-state index in [0.717, 1.165) is 36.4 Å². The third kappa shape index (κ3) is 7.16. The fraction of sp³-hybridized carbons (Fsp3) is 0.267. The molecule has 0 amide bonds. The summed E-state index contributed by atoms with van der Waals surface area (Å²) in [6.45, 7) is 3.34. The van der Waals surface area contributed by atoms with Gasteiger partial charge in [0.2, 0.25) is 0 Å². The van der Waals surface area contributed by atoms with Crippen LogP contribution in [-0.2, 0) is 38.9 Å². The molecule has 0 fully saturated rings. The number of aromatic amines is 2. The van der Waals surface area contributed by atoms with E-state index in [-0.39, 0.29) is 70.7 Å². The molecule has 1 radical (unpaired) electrons. The Morgan fingerprint density at radius 3 is 1.35 bits per heavy atom. The number of halogens is 7. The number of ether oxygens (including phenoxy) is 2. The van der Waals surface area contributed by atoms with Crippen LogP contribution in [0.3, 0.4) is 0 Å². The molecule has 0 saturated carbocycles. The summed E-state index contributed by atoms with van der Waals surface area (Å²) >= 11 is 0. The maximum Gasteiger partial charge on any atom is 0.420 e. The predicted molar refractivity (Wildman–Crippen MR) is 150 cm³/mol. The molecule has 5 rings (SSSR count). The van der Waals surface area contributed by atoms with E-state index in [4.69, 9.17) is 9.47 Å². The minimum Gasteiger partial charge on any atom is -1.00 e. The number of nitrogens with one attached hydrogen (secondary N) is 2. The number of rotatable bonds is 6. The molecule has 46 heavy (non-hydrogen) atoms. The van der Waals surface area contributed by atoms with Crippen molar-refractivity contribution in [1.82, 2.24) is 19.9 Å². The monoisotopic (exact) mass is 708 g/mol. The van der Waals surface area contributed by atoms with Gasteiger partial charge in [0.25, 0.3) is 0 Å². The van der Waals surface area contributed by atoms with Crippen LogP contribution >= 0.6 is 0 Å². The Kier molecular flexibility index (Phi) is 11.2. The zero-order valence-electron chi connectivity index (χ0n) is 24.0. The number of H-pyrrole nitrogens is 2. The number of hydrogen-bond acceptors (Lipinski definition) is 6. The number of hydrogen-bond donors (Lipinski definition) is 2. The van der Waals surface area contributed by atoms with E-state index in [1.54, 1.807) is 13.8 Å². The van der Waals surface area contributed by atoms with Crippen LogP contribution in [0.5, 0.6) is 0 Å². The van der Waals surface area contributed by atoms with Crippen molar-refractivity contribution in [2.45, 2.75) is 39.0 Å². The number of fused-ring (bicyclic) bond motifs is 8. The van der Waals surface area contributed by atoms with Crippen LogP contribution in [-0.4, -0.2) is 45.1 Å². The van der Waals surface area contributed by atoms with E-state index < -0.39 is 63.4 Å². The molecule has 0 atom stereocenters. The maximum absolute atomic E-state index is 14.5. The van der Waals surface area contributed by atoms with Crippen LogP contribution in [0, 0.1) is 0 Å². The van der Waals surface area contributed by atoms with E-state index >= 15 is 0 Å². The minimum absolute atomic E-state index is 0. The quantitative estimate of drug-likeness (QED) is 0.149. The van der Waals surface area contributed by atoms with Crippen molar-refractivity contribution in [3.8, 4) is 0 Å². The Morgan fingerprint density at radius 1 is 0.630 bits per heavy atom. The van der Waals surface area contributed by atoms with E-state index in [2.05, 4.69) is 19.9 Å². The summed E-state index contributed by atoms with van der Waals surface area (Å²) in [6, 6.07) is 4.51. The van der Waals surface area contributed by atoms with E-state index in [1.807, 2.05) is 0 Å². The van der Waals surface area contributed by atoms with Crippen molar-refractivity contribution in [2.75, 3.05) is 13.2 Å². The Bertz CT molecular complexity index is 1770. The number of carbonyl (C=O) groups excluding carboxylic acids is 2. The van der Waals surface area contributed by atoms with Gasteiger partial charge in [-0.1, -0.05) is 13.8 Å². The largest absolute Gasteiger partial charge is 1.00 e. The van der Waals surface area contributed by atoms with Gasteiger partial charge in [0.1, 0.15) is 22.3 Å². The molecule has 3 aromatic heterocycles. The number of esters is 2. The van der Waals surface area contributed by atoms with Crippen molar-refractivity contribution in [1.29, 1.82) is 0 Å². The van der Waals surface area contributed by atoms with Gasteiger partial charge < -0.3 is 31.8 Å². The Labute approximate surface area is 274 Å². The standard InChI is InChI=1S/C30H24F6N4O4.ClH.Mn/c1-3-13-43-27(41)23-15-5-9-19(37-15)25(29(31,32)33)21-11-7-17(39-21)24(28(42)44-14-4-2)18-8-12-22(40-18)26(30(34,35)36)20-10-6-16(23)38-20;;/h5-12,37-38H,3-4,13-14H2,1-2H3;1H;/p-1. The second-order valence-electron chi connectivity index (χ2n) is 9.77. The van der Waals surface area contributed by atoms with Crippen LogP contribution in [0.25, 0.3) is 46.4 Å². The van der Waals surface area contributed by atoms with E-state index in [0.29, 0.717) is 12.8 Å². The number of nitrogens with zero attached hydrogens (tertiary/aromatic N) is 2. The third-order valence-corrected chi connectivity index (χ3v) is 6.60. The third-order valence-electron chi connectivity index (χ3n) is 6.60. The molecule has 0 spiro atoms. The molecule has 16 heteroatoms. The second kappa shape index (κ2) is 14.1. The molecule has 0 aromatic carbocycles. The Hall–Kier alpha value is -4.07. The normalized spacial score (nSPS) is 12.3. The molecule has 0 aliphatic carbocycles. The SMILES string of the molecule is CCCOC(=O)c1c2nc(c(C(F)(F)F)c3ccc([nH]3)c(C(=O)OCCC)c3ccc([nH]3)c(C(F)(F)F)c3nc1C=C3)C=C2.[Cl-].[Mn]. The Balaban J connectivity index is 0.00000288. The van der Waals surface area contributed by atoms with Gasteiger partial charge in [-0.3, -0.25) is 0 Å². The molecule has 5 heterocycles. The molecule has 8 bridgehead atoms. The predicted octanol–water partition coefficient (Wildman–Crippen LogP) is 4.83. The number of carbonyl (C=O) groups is 2. The van der Waals surface area contributed by atoms with Crippen molar-refractivity contribution in [3.63, 3.8) is 0 Å². The van der Waals surface area contributed by atoms with Gasteiger partial charge in [-0.25, -0.2) is 19.6 Å². The van der Waals surface area contributed by atoms with E-state index in [9.17, 15) is 35.9 Å². The van der Waals surface area contributed by atoms with E-state index in [1.165, 1.54) is 12.1 Å². The maximum atomic E-state index is 14.5. The van der Waals surface area contributed by atoms with Crippen LogP contribution in [0.2, 0.25) is 0 Å². The summed E-state index contributed by atoms with van der Waals surface area (Å²) in [7, 11) is 0. The molecule has 8 nitrogen and oxygen atoms in total. The van der Waals surface area contributed by atoms with Crippen molar-refractivity contribution < 1.29 is 74.9 Å². The van der Waals surface area contributed by atoms with Crippen LogP contribution in [0.15, 0.2) is 24.3 Å². The fourth-order valence-electron chi connectivity index (χ4n) is 4.77. The first kappa shape index (κ1) is 36.4. The molecule has 0 saturated heterocycles. The zero-order valence-corrected chi connectivity index (χ0v) is 25.9. The van der Waals surface area contributed by atoms with Gasteiger partial charge in [-0.2, -0.15) is 26.3 Å². The molecule has 0 unspecified atom stereocenters. The molecule has 2 aliphatic rings. The topological polar surface area (TPSA) is 110 Å². The summed E-state index contributed by atoms with van der Waals surface area (Å²) in [5.41, 5.74) is -6.11. The van der Waals surface area contributed by atoms with Gasteiger partial charge in [0, 0.05) is 17.1 Å². The summed E-state index contributed by atoms with van der Waals surface area (Å²) in [5, 5.41) is 0. The minimum atomic E-state index is -4.96. The molecular weight excluding hydrogens is 685 g/mol. The molecule has 2 N–H and O–H groups in total. The van der Waals surface area contributed by atoms with Crippen molar-refractivity contribution in [3.05, 3.63) is 69.3 Å². The molecule has 245 valence electrons. The fourth-order valence-corrected chi connectivity index (χ4v) is 4.77. The van der Waals surface area contributed by atoms with Crippen LogP contribution in [0.4, 0.5) is 26.3 Å².